The van der Waals surface area contributed by atoms with Crippen LogP contribution in [0.15, 0.2) is 0 Å². The molecular formula is C8H14N2O5S. The van der Waals surface area contributed by atoms with E-state index in [0.717, 1.165) is 0 Å². The number of hydrogen-bond donors (Lipinski definition) is 1. The molecule has 0 fully saturated rings. The monoisotopic (exact) mass is 250 g/mol. The van der Waals surface area contributed by atoms with E-state index in [1.54, 1.807) is 13.8 Å². The van der Waals surface area contributed by atoms with E-state index in [9.17, 15) is 14.4 Å². The quantitative estimate of drug-likeness (QED) is 0.587. The van der Waals surface area contributed by atoms with E-state index in [-0.39, 0.29) is 18.3 Å². The maximum atomic E-state index is 11.3. The predicted molar refractivity (Wildman–Crippen MR) is 57.3 cm³/mol. The second-order valence-corrected chi connectivity index (χ2v) is 3.53. The molecule has 0 aliphatic carbocycles. The zero-order valence-corrected chi connectivity index (χ0v) is 10.1. The van der Waals surface area contributed by atoms with E-state index in [0.29, 0.717) is 16.4 Å². The van der Waals surface area contributed by atoms with Gasteiger partial charge >= 0.3 is 12.2 Å². The Bertz CT molecular complexity index is 271. The van der Waals surface area contributed by atoms with E-state index in [4.69, 9.17) is 0 Å². The second kappa shape index (κ2) is 7.80. The van der Waals surface area contributed by atoms with Gasteiger partial charge in [0, 0.05) is 6.92 Å². The molecule has 0 saturated heterocycles. The molecule has 0 atom stereocenters. The lowest BCUT2D eigenvalue weighted by atomic mass is 10.9. The Morgan fingerprint density at radius 3 is 2.19 bits per heavy atom. The Morgan fingerprint density at radius 1 is 1.19 bits per heavy atom. The summed E-state index contributed by atoms with van der Waals surface area (Å²) >= 11 is 0.510. The van der Waals surface area contributed by atoms with Crippen molar-refractivity contribution in [1.82, 2.24) is 9.84 Å². The zero-order valence-electron chi connectivity index (χ0n) is 9.31. The molecule has 0 heterocycles. The predicted octanol–water partition coefficient (Wildman–Crippen LogP) is 1.30. The molecule has 0 aliphatic heterocycles. The van der Waals surface area contributed by atoms with Gasteiger partial charge in [-0.2, -0.15) is 0 Å². The van der Waals surface area contributed by atoms with E-state index >= 15 is 0 Å². The van der Waals surface area contributed by atoms with Gasteiger partial charge in [0.1, 0.15) is 0 Å². The highest BCUT2D eigenvalue weighted by Crippen LogP contribution is 2.09. The van der Waals surface area contributed by atoms with Gasteiger partial charge in [0.25, 0.3) is 0 Å². The zero-order chi connectivity index (χ0) is 12.6. The van der Waals surface area contributed by atoms with Crippen molar-refractivity contribution in [3.63, 3.8) is 0 Å². The lowest BCUT2D eigenvalue weighted by molar-refractivity contribution is -0.109. The molecule has 0 bridgehead atoms. The summed E-state index contributed by atoms with van der Waals surface area (Å²) in [4.78, 5) is 33.1. The number of nitrogens with one attached hydrogen (secondary N) is 1. The third kappa shape index (κ3) is 6.12. The lowest BCUT2D eigenvalue weighted by Crippen LogP contribution is -2.42. The number of hydrogen-bond acceptors (Lipinski definition) is 6. The Morgan fingerprint density at radius 2 is 1.75 bits per heavy atom. The fraction of sp³-hybridized carbons (Fsp3) is 0.625. The molecule has 2 amide bonds. The summed E-state index contributed by atoms with van der Waals surface area (Å²) in [7, 11) is 0. The third-order valence-corrected chi connectivity index (χ3v) is 1.80. The molecule has 7 nitrogen and oxygen atoms in total. The Balaban J connectivity index is 4.36. The van der Waals surface area contributed by atoms with Crippen molar-refractivity contribution < 1.29 is 23.9 Å². The summed E-state index contributed by atoms with van der Waals surface area (Å²) in [6.07, 6.45) is -1.67. The highest BCUT2D eigenvalue weighted by Gasteiger charge is 2.20. The van der Waals surface area contributed by atoms with Crippen LogP contribution in [0.25, 0.3) is 0 Å². The molecule has 0 aromatic carbocycles. The largest absolute Gasteiger partial charge is 0.449 e. The summed E-state index contributed by atoms with van der Waals surface area (Å²) in [5, 5.41) is -0.371. The van der Waals surface area contributed by atoms with Gasteiger partial charge in [-0.05, 0) is 13.8 Å². The van der Waals surface area contributed by atoms with Gasteiger partial charge in [-0.25, -0.2) is 15.0 Å². The van der Waals surface area contributed by atoms with Crippen LogP contribution in [0, 0.1) is 0 Å². The summed E-state index contributed by atoms with van der Waals surface area (Å²) < 4.78 is 9.87. The first-order chi connectivity index (χ1) is 7.51. The minimum Gasteiger partial charge on any atom is -0.449 e. The van der Waals surface area contributed by atoms with E-state index in [2.05, 4.69) is 14.9 Å². The Kier molecular flexibility index (Phi) is 7.10. The van der Waals surface area contributed by atoms with Crippen molar-refractivity contribution in [2.45, 2.75) is 20.8 Å². The number of carbonyl (C=O) groups excluding carboxylic acids is 3. The van der Waals surface area contributed by atoms with E-state index in [1.165, 1.54) is 6.92 Å². The molecule has 8 heteroatoms. The average Bonchev–Trinajstić information content (AvgIpc) is 2.16. The van der Waals surface area contributed by atoms with Crippen molar-refractivity contribution in [3.8, 4) is 0 Å². The van der Waals surface area contributed by atoms with Crippen molar-refractivity contribution in [3.05, 3.63) is 0 Å². The molecule has 0 unspecified atom stereocenters. The normalized spacial score (nSPS) is 9.19. The van der Waals surface area contributed by atoms with Crippen LogP contribution < -0.4 is 5.43 Å². The Hall–Kier alpha value is -1.44. The van der Waals surface area contributed by atoms with Gasteiger partial charge in [-0.1, -0.05) is 0 Å². The van der Waals surface area contributed by atoms with Crippen LogP contribution in [0.2, 0.25) is 0 Å². The van der Waals surface area contributed by atoms with Crippen LogP contribution in [-0.4, -0.2) is 34.9 Å². The van der Waals surface area contributed by atoms with E-state index in [1.807, 2.05) is 0 Å². The average molecular weight is 250 g/mol. The molecule has 0 aromatic rings. The minimum atomic E-state index is -0.837. The molecule has 16 heavy (non-hydrogen) atoms. The minimum absolute atomic E-state index is 0.137. The van der Waals surface area contributed by atoms with Crippen LogP contribution in [0.4, 0.5) is 9.59 Å². The number of carbonyl (C=O) groups is 3. The molecule has 0 aliphatic rings. The van der Waals surface area contributed by atoms with Gasteiger partial charge in [0.05, 0.1) is 25.2 Å². The number of nitrogens with zero attached hydrogens (tertiary/aromatic N) is 1. The SMILES string of the molecule is CCOC(=O)NN(SC(C)=O)C(=O)OCC. The molecule has 1 N–H and O–H groups in total. The number of ether oxygens (including phenoxy) is 2. The first-order valence-corrected chi connectivity index (χ1v) is 5.37. The summed E-state index contributed by atoms with van der Waals surface area (Å²) in [6.45, 7) is 4.78. The molecule has 0 saturated carbocycles. The second-order valence-electron chi connectivity index (χ2n) is 2.41. The lowest BCUT2D eigenvalue weighted by Gasteiger charge is -2.18. The first kappa shape index (κ1) is 14.6. The van der Waals surface area contributed by atoms with Crippen LogP contribution >= 0.6 is 11.9 Å². The number of rotatable bonds is 2. The standard InChI is InChI=1S/C8H14N2O5S/c1-4-14-7(12)9-10(16-6(3)11)8(13)15-5-2/h4-5H2,1-3H3,(H,9,12). The molecule has 0 radical (unpaired) electrons. The fourth-order valence-electron chi connectivity index (χ4n) is 0.663. The Labute approximate surface area is 97.5 Å². The van der Waals surface area contributed by atoms with Gasteiger partial charge in [0.2, 0.25) is 5.12 Å². The molecule has 0 spiro atoms. The van der Waals surface area contributed by atoms with E-state index < -0.39 is 12.2 Å². The number of amides is 2. The van der Waals surface area contributed by atoms with Crippen LogP contribution in [0.5, 0.6) is 0 Å². The van der Waals surface area contributed by atoms with Gasteiger partial charge in [0.15, 0.2) is 0 Å². The van der Waals surface area contributed by atoms with Crippen LogP contribution in [0.3, 0.4) is 0 Å². The van der Waals surface area contributed by atoms with Gasteiger partial charge in [-0.3, -0.25) is 4.79 Å². The van der Waals surface area contributed by atoms with Crippen LogP contribution in [0.1, 0.15) is 20.8 Å². The first-order valence-electron chi connectivity index (χ1n) is 4.60. The summed E-state index contributed by atoms with van der Waals surface area (Å²) in [5.74, 6) is 0. The summed E-state index contributed by atoms with van der Waals surface area (Å²) in [6, 6.07) is 0. The fourth-order valence-corrected chi connectivity index (χ4v) is 1.17. The molecular weight excluding hydrogens is 236 g/mol. The van der Waals surface area contributed by atoms with Crippen LogP contribution in [-0.2, 0) is 14.3 Å². The molecule has 92 valence electrons. The van der Waals surface area contributed by atoms with Crippen molar-refractivity contribution in [2.24, 2.45) is 0 Å². The van der Waals surface area contributed by atoms with Crippen molar-refractivity contribution >= 4 is 29.2 Å². The maximum Gasteiger partial charge on any atom is 0.439 e. The maximum absolute atomic E-state index is 11.3. The van der Waals surface area contributed by atoms with Crippen molar-refractivity contribution in [2.75, 3.05) is 13.2 Å². The summed E-state index contributed by atoms with van der Waals surface area (Å²) in [5.41, 5.74) is 2.07. The topological polar surface area (TPSA) is 84.9 Å². The molecule has 0 rings (SSSR count). The third-order valence-electron chi connectivity index (χ3n) is 1.12. The molecule has 0 aromatic heterocycles. The van der Waals surface area contributed by atoms with Crippen molar-refractivity contribution in [1.29, 1.82) is 0 Å². The highest BCUT2D eigenvalue weighted by molar-refractivity contribution is 8.11. The number of hydrazine groups is 1. The smallest absolute Gasteiger partial charge is 0.439 e. The van der Waals surface area contributed by atoms with Gasteiger partial charge < -0.3 is 9.47 Å². The highest BCUT2D eigenvalue weighted by atomic mass is 32.2. The van der Waals surface area contributed by atoms with Gasteiger partial charge in [-0.15, -0.1) is 4.41 Å².